The molecule has 0 aromatic carbocycles. The monoisotopic (exact) mass is 227 g/mol. The van der Waals surface area contributed by atoms with Crippen LogP contribution in [0.25, 0.3) is 0 Å². The van der Waals surface area contributed by atoms with Crippen LogP contribution >= 0.6 is 11.3 Å². The average molecular weight is 227 g/mol. The standard InChI is InChI=1S/C9H13N3O2S/c1-6(2)12-8(13)3-10-9(14)7-4-15-5-11-7/h4-6H,3H2,1-2H3,(H,10,14)(H,12,13). The Bertz CT molecular complexity index is 335. The van der Waals surface area contributed by atoms with Gasteiger partial charge in [0.1, 0.15) is 5.69 Å². The topological polar surface area (TPSA) is 71.1 Å². The van der Waals surface area contributed by atoms with Crippen LogP contribution in [0.1, 0.15) is 24.3 Å². The highest BCUT2D eigenvalue weighted by molar-refractivity contribution is 7.07. The lowest BCUT2D eigenvalue weighted by molar-refractivity contribution is -0.120. The molecule has 0 aliphatic carbocycles. The van der Waals surface area contributed by atoms with E-state index in [0.29, 0.717) is 5.69 Å². The Morgan fingerprint density at radius 2 is 2.27 bits per heavy atom. The molecule has 0 unspecified atom stereocenters. The SMILES string of the molecule is CC(C)NC(=O)CNC(=O)c1cscn1. The minimum Gasteiger partial charge on any atom is -0.352 e. The molecule has 0 fully saturated rings. The quantitative estimate of drug-likeness (QED) is 0.782. The molecule has 1 heterocycles. The molecule has 1 aromatic rings. The molecular weight excluding hydrogens is 214 g/mol. The predicted molar refractivity (Wildman–Crippen MR) is 57.7 cm³/mol. The van der Waals surface area contributed by atoms with Crippen LogP contribution in [-0.2, 0) is 4.79 Å². The molecule has 0 saturated carbocycles. The summed E-state index contributed by atoms with van der Waals surface area (Å²) in [6, 6.07) is 0.0775. The molecule has 15 heavy (non-hydrogen) atoms. The number of carbonyl (C=O) groups is 2. The van der Waals surface area contributed by atoms with Gasteiger partial charge in [-0.3, -0.25) is 9.59 Å². The summed E-state index contributed by atoms with van der Waals surface area (Å²) in [7, 11) is 0. The van der Waals surface area contributed by atoms with Crippen molar-refractivity contribution in [2.24, 2.45) is 0 Å². The van der Waals surface area contributed by atoms with E-state index in [1.54, 1.807) is 10.9 Å². The van der Waals surface area contributed by atoms with Crippen molar-refractivity contribution < 1.29 is 9.59 Å². The van der Waals surface area contributed by atoms with Gasteiger partial charge in [0.15, 0.2) is 0 Å². The van der Waals surface area contributed by atoms with Crippen LogP contribution in [0.4, 0.5) is 0 Å². The molecule has 0 spiro atoms. The van der Waals surface area contributed by atoms with Crippen molar-refractivity contribution in [1.82, 2.24) is 15.6 Å². The van der Waals surface area contributed by atoms with Gasteiger partial charge in [-0.15, -0.1) is 11.3 Å². The molecule has 0 radical (unpaired) electrons. The van der Waals surface area contributed by atoms with E-state index in [1.165, 1.54) is 11.3 Å². The van der Waals surface area contributed by atoms with E-state index in [9.17, 15) is 9.59 Å². The van der Waals surface area contributed by atoms with Crippen molar-refractivity contribution in [2.45, 2.75) is 19.9 Å². The van der Waals surface area contributed by atoms with Gasteiger partial charge in [0.25, 0.3) is 5.91 Å². The molecule has 82 valence electrons. The van der Waals surface area contributed by atoms with Gasteiger partial charge in [-0.1, -0.05) is 0 Å². The zero-order chi connectivity index (χ0) is 11.3. The van der Waals surface area contributed by atoms with Crippen LogP contribution in [0, 0.1) is 0 Å². The fourth-order valence-electron chi connectivity index (χ4n) is 0.949. The third kappa shape index (κ3) is 4.07. The van der Waals surface area contributed by atoms with Crippen LogP contribution in [0.2, 0.25) is 0 Å². The summed E-state index contributed by atoms with van der Waals surface area (Å²) in [6.07, 6.45) is 0. The summed E-state index contributed by atoms with van der Waals surface area (Å²) in [6.45, 7) is 3.70. The highest BCUT2D eigenvalue weighted by Gasteiger charge is 2.09. The van der Waals surface area contributed by atoms with Crippen molar-refractivity contribution in [3.8, 4) is 0 Å². The second kappa shape index (κ2) is 5.45. The molecule has 2 N–H and O–H groups in total. The second-order valence-electron chi connectivity index (χ2n) is 3.28. The summed E-state index contributed by atoms with van der Waals surface area (Å²) < 4.78 is 0. The largest absolute Gasteiger partial charge is 0.352 e. The van der Waals surface area contributed by atoms with Gasteiger partial charge in [0.05, 0.1) is 12.1 Å². The zero-order valence-electron chi connectivity index (χ0n) is 8.61. The van der Waals surface area contributed by atoms with Crippen LogP contribution < -0.4 is 10.6 Å². The van der Waals surface area contributed by atoms with Crippen LogP contribution in [-0.4, -0.2) is 29.4 Å². The molecule has 0 atom stereocenters. The van der Waals surface area contributed by atoms with Gasteiger partial charge in [0, 0.05) is 11.4 Å². The van der Waals surface area contributed by atoms with Gasteiger partial charge < -0.3 is 10.6 Å². The summed E-state index contributed by atoms with van der Waals surface area (Å²) in [4.78, 5) is 26.4. The fraction of sp³-hybridized carbons (Fsp3) is 0.444. The van der Waals surface area contributed by atoms with Crippen molar-refractivity contribution in [2.75, 3.05) is 6.54 Å². The van der Waals surface area contributed by atoms with Gasteiger partial charge in [-0.2, -0.15) is 0 Å². The fourth-order valence-corrected chi connectivity index (χ4v) is 1.48. The molecule has 1 aromatic heterocycles. The number of rotatable bonds is 4. The maximum absolute atomic E-state index is 11.3. The highest BCUT2D eigenvalue weighted by Crippen LogP contribution is 1.99. The van der Waals surface area contributed by atoms with E-state index in [2.05, 4.69) is 15.6 Å². The molecule has 2 amide bonds. The van der Waals surface area contributed by atoms with E-state index < -0.39 is 0 Å². The molecule has 6 heteroatoms. The van der Waals surface area contributed by atoms with Crippen LogP contribution in [0.5, 0.6) is 0 Å². The van der Waals surface area contributed by atoms with E-state index in [4.69, 9.17) is 0 Å². The Labute approximate surface area is 91.9 Å². The van der Waals surface area contributed by atoms with Gasteiger partial charge >= 0.3 is 0 Å². The maximum atomic E-state index is 11.3. The number of amides is 2. The summed E-state index contributed by atoms with van der Waals surface area (Å²) in [5, 5.41) is 6.79. The van der Waals surface area contributed by atoms with Crippen molar-refractivity contribution >= 4 is 23.2 Å². The third-order valence-electron chi connectivity index (χ3n) is 1.52. The number of thiazole rings is 1. The predicted octanol–water partition coefficient (Wildman–Crippen LogP) is 0.397. The number of hydrogen-bond acceptors (Lipinski definition) is 4. The van der Waals surface area contributed by atoms with Crippen LogP contribution in [0.15, 0.2) is 10.9 Å². The minimum atomic E-state index is -0.324. The van der Waals surface area contributed by atoms with Crippen molar-refractivity contribution in [1.29, 1.82) is 0 Å². The Morgan fingerprint density at radius 3 is 2.80 bits per heavy atom. The number of carbonyl (C=O) groups excluding carboxylic acids is 2. The summed E-state index contributed by atoms with van der Waals surface area (Å²) in [5.74, 6) is -0.524. The molecule has 0 aliphatic rings. The average Bonchev–Trinajstić information content (AvgIpc) is 2.65. The van der Waals surface area contributed by atoms with E-state index in [-0.39, 0.29) is 24.4 Å². The maximum Gasteiger partial charge on any atom is 0.271 e. The second-order valence-corrected chi connectivity index (χ2v) is 4.00. The van der Waals surface area contributed by atoms with E-state index in [1.807, 2.05) is 13.8 Å². The summed E-state index contributed by atoms with van der Waals surface area (Å²) >= 11 is 1.34. The number of nitrogens with one attached hydrogen (secondary N) is 2. The number of nitrogens with zero attached hydrogens (tertiary/aromatic N) is 1. The smallest absolute Gasteiger partial charge is 0.271 e. The molecule has 0 aliphatic heterocycles. The lowest BCUT2D eigenvalue weighted by Crippen LogP contribution is -2.39. The van der Waals surface area contributed by atoms with Crippen molar-refractivity contribution in [3.05, 3.63) is 16.6 Å². The Morgan fingerprint density at radius 1 is 1.53 bits per heavy atom. The normalized spacial score (nSPS) is 10.1. The minimum absolute atomic E-state index is 0.0193. The Hall–Kier alpha value is -1.43. The lowest BCUT2D eigenvalue weighted by Gasteiger charge is -2.08. The Kier molecular flexibility index (Phi) is 4.23. The first-order chi connectivity index (χ1) is 7.09. The van der Waals surface area contributed by atoms with Crippen molar-refractivity contribution in [3.63, 3.8) is 0 Å². The van der Waals surface area contributed by atoms with E-state index >= 15 is 0 Å². The van der Waals surface area contributed by atoms with Gasteiger partial charge in [-0.05, 0) is 13.8 Å². The first-order valence-corrected chi connectivity index (χ1v) is 5.49. The van der Waals surface area contributed by atoms with Gasteiger partial charge in [-0.25, -0.2) is 4.98 Å². The lowest BCUT2D eigenvalue weighted by atomic mass is 10.4. The third-order valence-corrected chi connectivity index (χ3v) is 2.11. The number of hydrogen-bond donors (Lipinski definition) is 2. The molecule has 0 saturated heterocycles. The molecular formula is C9H13N3O2S. The first-order valence-electron chi connectivity index (χ1n) is 4.55. The van der Waals surface area contributed by atoms with E-state index in [0.717, 1.165) is 0 Å². The first kappa shape index (κ1) is 11.6. The highest BCUT2D eigenvalue weighted by atomic mass is 32.1. The zero-order valence-corrected chi connectivity index (χ0v) is 9.43. The number of aromatic nitrogens is 1. The molecule has 0 bridgehead atoms. The van der Waals surface area contributed by atoms with Crippen LogP contribution in [0.3, 0.4) is 0 Å². The molecule has 1 rings (SSSR count). The molecule has 5 nitrogen and oxygen atoms in total. The van der Waals surface area contributed by atoms with Gasteiger partial charge in [0.2, 0.25) is 5.91 Å². The summed E-state index contributed by atoms with van der Waals surface area (Å²) in [5.41, 5.74) is 1.92. The Balaban J connectivity index is 2.32.